The maximum absolute atomic E-state index is 13.6. The summed E-state index contributed by atoms with van der Waals surface area (Å²) >= 11 is 0.917. The molecule has 0 bridgehead atoms. The Morgan fingerprint density at radius 3 is 2.62 bits per heavy atom. The molecule has 0 fully saturated rings. The smallest absolute Gasteiger partial charge is 0.357 e. The van der Waals surface area contributed by atoms with Crippen molar-refractivity contribution in [3.63, 3.8) is 0 Å². The summed E-state index contributed by atoms with van der Waals surface area (Å²) in [7, 11) is 0. The number of alkyl halides is 3. The maximum atomic E-state index is 13.6. The molecule has 0 radical (unpaired) electrons. The minimum atomic E-state index is -4.45. The molecular weight excluding hydrogens is 344 g/mol. The molecular formula is C15H16F4N4S. The molecule has 0 aliphatic heterocycles. The van der Waals surface area contributed by atoms with Crippen molar-refractivity contribution in [2.24, 2.45) is 4.99 Å². The molecule has 0 unspecified atom stereocenters. The van der Waals surface area contributed by atoms with Gasteiger partial charge in [0.2, 0.25) is 0 Å². The van der Waals surface area contributed by atoms with Gasteiger partial charge in [0.15, 0.2) is 11.7 Å². The fourth-order valence-corrected chi connectivity index (χ4v) is 2.55. The number of benzene rings is 1. The number of halogens is 4. The lowest BCUT2D eigenvalue weighted by Gasteiger charge is -2.10. The van der Waals surface area contributed by atoms with E-state index in [0.717, 1.165) is 16.7 Å². The highest BCUT2D eigenvalue weighted by molar-refractivity contribution is 7.09. The fourth-order valence-electron chi connectivity index (χ4n) is 1.81. The summed E-state index contributed by atoms with van der Waals surface area (Å²) in [5, 5.41) is 7.10. The van der Waals surface area contributed by atoms with Crippen molar-refractivity contribution in [3.05, 3.63) is 51.7 Å². The van der Waals surface area contributed by atoms with E-state index in [0.29, 0.717) is 23.1 Å². The summed E-state index contributed by atoms with van der Waals surface area (Å²) in [6.45, 7) is 2.64. The van der Waals surface area contributed by atoms with Crippen LogP contribution in [0, 0.1) is 5.82 Å². The van der Waals surface area contributed by atoms with Crippen LogP contribution in [-0.2, 0) is 19.3 Å². The summed E-state index contributed by atoms with van der Waals surface area (Å²) < 4.78 is 51.1. The van der Waals surface area contributed by atoms with Crippen LogP contribution in [0.2, 0.25) is 0 Å². The summed E-state index contributed by atoms with van der Waals surface area (Å²) in [5.41, 5.74) is -0.471. The van der Waals surface area contributed by atoms with Crippen LogP contribution < -0.4 is 10.6 Å². The second kappa shape index (κ2) is 8.09. The van der Waals surface area contributed by atoms with E-state index in [-0.39, 0.29) is 18.9 Å². The second-order valence-corrected chi connectivity index (χ2v) is 5.71. The van der Waals surface area contributed by atoms with Crippen molar-refractivity contribution >= 4 is 17.3 Å². The Morgan fingerprint density at radius 1 is 1.25 bits per heavy atom. The number of aliphatic imine (C=N–C) groups is 1. The normalized spacial score (nSPS) is 12.3. The summed E-state index contributed by atoms with van der Waals surface area (Å²) in [4.78, 5) is 7.76. The molecule has 2 N–H and O–H groups in total. The molecule has 0 amide bonds. The number of guanidine groups is 1. The lowest BCUT2D eigenvalue weighted by Crippen LogP contribution is -2.36. The van der Waals surface area contributed by atoms with E-state index in [2.05, 4.69) is 20.6 Å². The highest BCUT2D eigenvalue weighted by atomic mass is 32.1. The van der Waals surface area contributed by atoms with Crippen molar-refractivity contribution in [2.45, 2.75) is 26.2 Å². The van der Waals surface area contributed by atoms with Gasteiger partial charge >= 0.3 is 6.18 Å². The van der Waals surface area contributed by atoms with Crippen molar-refractivity contribution in [3.8, 4) is 0 Å². The highest BCUT2D eigenvalue weighted by Gasteiger charge is 2.33. The summed E-state index contributed by atoms with van der Waals surface area (Å²) in [6.07, 6.45) is -4.45. The molecule has 0 saturated carbocycles. The van der Waals surface area contributed by atoms with Crippen molar-refractivity contribution < 1.29 is 17.6 Å². The van der Waals surface area contributed by atoms with E-state index in [1.807, 2.05) is 6.92 Å². The predicted octanol–water partition coefficient (Wildman–Crippen LogP) is 3.56. The maximum Gasteiger partial charge on any atom is 0.434 e. The first-order chi connectivity index (χ1) is 11.4. The first kappa shape index (κ1) is 18.2. The van der Waals surface area contributed by atoms with Crippen molar-refractivity contribution in [1.82, 2.24) is 15.6 Å². The van der Waals surface area contributed by atoms with Gasteiger partial charge in [0.1, 0.15) is 10.8 Å². The molecule has 0 aliphatic carbocycles. The Bertz CT molecular complexity index is 697. The third-order valence-corrected chi connectivity index (χ3v) is 3.81. The Labute approximate surface area is 140 Å². The third-order valence-electron chi connectivity index (χ3n) is 2.96. The van der Waals surface area contributed by atoms with E-state index in [1.165, 1.54) is 6.07 Å². The van der Waals surface area contributed by atoms with E-state index < -0.39 is 11.9 Å². The van der Waals surface area contributed by atoms with E-state index in [9.17, 15) is 17.6 Å². The van der Waals surface area contributed by atoms with Gasteiger partial charge < -0.3 is 10.6 Å². The van der Waals surface area contributed by atoms with Gasteiger partial charge in [-0.3, -0.25) is 0 Å². The van der Waals surface area contributed by atoms with Gasteiger partial charge in [-0.25, -0.2) is 14.4 Å². The van der Waals surface area contributed by atoms with Crippen LogP contribution in [0.25, 0.3) is 0 Å². The molecule has 0 spiro atoms. The van der Waals surface area contributed by atoms with Gasteiger partial charge in [-0.15, -0.1) is 11.3 Å². The summed E-state index contributed by atoms with van der Waals surface area (Å²) in [6, 6.07) is 6.27. The SMILES string of the molecule is CCNC(=NCc1ccccc1F)NCc1nc(C(F)(F)F)cs1. The van der Waals surface area contributed by atoms with Crippen molar-refractivity contribution in [2.75, 3.05) is 6.54 Å². The van der Waals surface area contributed by atoms with Crippen molar-refractivity contribution in [1.29, 1.82) is 0 Å². The predicted molar refractivity (Wildman–Crippen MR) is 85.2 cm³/mol. The molecule has 130 valence electrons. The van der Waals surface area contributed by atoms with Crippen LogP contribution in [0.15, 0.2) is 34.6 Å². The van der Waals surface area contributed by atoms with Crippen LogP contribution in [0.5, 0.6) is 0 Å². The first-order valence-electron chi connectivity index (χ1n) is 7.17. The lowest BCUT2D eigenvalue weighted by atomic mass is 10.2. The molecule has 0 aliphatic rings. The molecule has 1 heterocycles. The van der Waals surface area contributed by atoms with Gasteiger partial charge in [-0.2, -0.15) is 13.2 Å². The number of nitrogens with one attached hydrogen (secondary N) is 2. The van der Waals surface area contributed by atoms with E-state index in [4.69, 9.17) is 0 Å². The Kier molecular flexibility index (Phi) is 6.13. The highest BCUT2D eigenvalue weighted by Crippen LogP contribution is 2.29. The zero-order valence-electron chi connectivity index (χ0n) is 12.8. The number of rotatable bonds is 5. The second-order valence-electron chi connectivity index (χ2n) is 4.76. The fraction of sp³-hybridized carbons (Fsp3) is 0.333. The first-order valence-corrected chi connectivity index (χ1v) is 8.05. The van der Waals surface area contributed by atoms with Crippen LogP contribution in [0.1, 0.15) is 23.2 Å². The quantitative estimate of drug-likeness (QED) is 0.487. The minimum absolute atomic E-state index is 0.101. The zero-order valence-corrected chi connectivity index (χ0v) is 13.6. The average Bonchev–Trinajstić information content (AvgIpc) is 3.00. The molecule has 1 aromatic heterocycles. The molecule has 2 rings (SSSR count). The van der Waals surface area contributed by atoms with E-state index >= 15 is 0 Å². The van der Waals surface area contributed by atoms with Gasteiger partial charge in [0, 0.05) is 17.5 Å². The molecule has 1 aromatic carbocycles. The van der Waals surface area contributed by atoms with Gasteiger partial charge in [0.25, 0.3) is 0 Å². The number of aromatic nitrogens is 1. The number of hydrogen-bond donors (Lipinski definition) is 2. The molecule has 2 aromatic rings. The van der Waals surface area contributed by atoms with Gasteiger partial charge in [0.05, 0.1) is 13.1 Å². The Balaban J connectivity index is 1.99. The third kappa shape index (κ3) is 5.19. The van der Waals surface area contributed by atoms with Crippen LogP contribution >= 0.6 is 11.3 Å². The Morgan fingerprint density at radius 2 is 2.00 bits per heavy atom. The topological polar surface area (TPSA) is 49.3 Å². The monoisotopic (exact) mass is 360 g/mol. The molecule has 9 heteroatoms. The molecule has 24 heavy (non-hydrogen) atoms. The van der Waals surface area contributed by atoms with Crippen LogP contribution in [0.3, 0.4) is 0 Å². The standard InChI is InChI=1S/C15H16F4N4S/c1-2-20-14(21-7-10-5-3-4-6-11(10)16)22-8-13-23-12(9-24-13)15(17,18)19/h3-6,9H,2,7-8H2,1H3,(H2,20,21,22). The lowest BCUT2D eigenvalue weighted by molar-refractivity contribution is -0.140. The van der Waals surface area contributed by atoms with Gasteiger partial charge in [-0.05, 0) is 13.0 Å². The molecule has 4 nitrogen and oxygen atoms in total. The zero-order chi connectivity index (χ0) is 17.6. The average molecular weight is 360 g/mol. The van der Waals surface area contributed by atoms with Gasteiger partial charge in [-0.1, -0.05) is 18.2 Å². The minimum Gasteiger partial charge on any atom is -0.357 e. The molecule has 0 saturated heterocycles. The Hall–Kier alpha value is -2.16. The summed E-state index contributed by atoms with van der Waals surface area (Å²) in [5.74, 6) is 0.0244. The number of thiazole rings is 1. The van der Waals surface area contributed by atoms with Crippen LogP contribution in [0.4, 0.5) is 17.6 Å². The van der Waals surface area contributed by atoms with E-state index in [1.54, 1.807) is 18.2 Å². The molecule has 0 atom stereocenters. The number of hydrogen-bond acceptors (Lipinski definition) is 3. The number of nitrogens with zero attached hydrogens (tertiary/aromatic N) is 2. The largest absolute Gasteiger partial charge is 0.434 e. The van der Waals surface area contributed by atoms with Crippen LogP contribution in [-0.4, -0.2) is 17.5 Å².